The average molecular weight is 374 g/mol. The fourth-order valence-electron chi connectivity index (χ4n) is 2.69. The van der Waals surface area contributed by atoms with Crippen molar-refractivity contribution in [2.75, 3.05) is 13.2 Å². The summed E-state index contributed by atoms with van der Waals surface area (Å²) in [7, 11) is 0. The number of benzene rings is 1. The lowest BCUT2D eigenvalue weighted by Crippen LogP contribution is -2.25. The fourth-order valence-corrected chi connectivity index (χ4v) is 3.85. The smallest absolute Gasteiger partial charge is 0.276 e. The molecule has 2 heterocycles. The lowest BCUT2D eigenvalue weighted by molar-refractivity contribution is 0.0169. The Morgan fingerprint density at radius 2 is 2.23 bits per heavy atom. The Kier molecular flexibility index (Phi) is 5.92. The van der Waals surface area contributed by atoms with Crippen LogP contribution in [0.3, 0.4) is 0 Å². The van der Waals surface area contributed by atoms with Crippen molar-refractivity contribution < 1.29 is 19.1 Å². The number of hydrogen-bond acceptors (Lipinski definition) is 5. The molecule has 1 aromatic carbocycles. The number of thiophene rings is 1. The molecule has 0 aliphatic carbocycles. The van der Waals surface area contributed by atoms with Crippen LogP contribution in [-0.4, -0.2) is 29.2 Å². The van der Waals surface area contributed by atoms with Crippen molar-refractivity contribution in [3.8, 4) is 0 Å². The van der Waals surface area contributed by atoms with E-state index in [1.165, 1.54) is 17.4 Å². The minimum Gasteiger partial charge on any atom is -0.394 e. The first-order valence-electron chi connectivity index (χ1n) is 8.30. The molecule has 0 saturated heterocycles. The highest BCUT2D eigenvalue weighted by molar-refractivity contribution is 7.19. The van der Waals surface area contributed by atoms with Crippen LogP contribution in [0.4, 0.5) is 4.39 Å². The van der Waals surface area contributed by atoms with Crippen LogP contribution in [0.1, 0.15) is 33.3 Å². The van der Waals surface area contributed by atoms with Gasteiger partial charge in [-0.2, -0.15) is 0 Å². The van der Waals surface area contributed by atoms with E-state index >= 15 is 0 Å². The lowest BCUT2D eigenvalue weighted by atomic mass is 10.0. The van der Waals surface area contributed by atoms with Crippen molar-refractivity contribution in [3.05, 3.63) is 63.9 Å². The molecular weight excluding hydrogens is 355 g/mol. The highest BCUT2D eigenvalue weighted by atomic mass is 32.1. The van der Waals surface area contributed by atoms with E-state index in [9.17, 15) is 9.18 Å². The molecule has 0 aliphatic rings. The monoisotopic (exact) mass is 374 g/mol. The number of carbonyl (C=O) groups excluding carboxylic acids is 1. The van der Waals surface area contributed by atoms with Gasteiger partial charge in [-0.15, -0.1) is 11.3 Å². The summed E-state index contributed by atoms with van der Waals surface area (Å²) in [5.74, 6) is -0.712. The van der Waals surface area contributed by atoms with Gasteiger partial charge in [-0.1, -0.05) is 19.1 Å². The average Bonchev–Trinajstić information content (AvgIpc) is 3.01. The van der Waals surface area contributed by atoms with Gasteiger partial charge >= 0.3 is 0 Å². The topological polar surface area (TPSA) is 71.5 Å². The molecule has 0 atom stereocenters. The molecule has 0 bridgehead atoms. The number of rotatable bonds is 7. The minimum atomic E-state index is -0.432. The Balaban J connectivity index is 1.97. The van der Waals surface area contributed by atoms with Crippen LogP contribution in [0, 0.1) is 5.82 Å². The first-order chi connectivity index (χ1) is 12.6. The number of fused-ring (bicyclic) bond motifs is 1. The second-order valence-electron chi connectivity index (χ2n) is 5.72. The van der Waals surface area contributed by atoms with Gasteiger partial charge in [0.25, 0.3) is 5.91 Å². The van der Waals surface area contributed by atoms with Crippen molar-refractivity contribution >= 4 is 27.5 Å². The number of pyridine rings is 1. The van der Waals surface area contributed by atoms with Crippen LogP contribution in [-0.2, 0) is 17.7 Å². The van der Waals surface area contributed by atoms with Crippen LogP contribution in [0.5, 0.6) is 0 Å². The van der Waals surface area contributed by atoms with Crippen LogP contribution in [0.2, 0.25) is 0 Å². The number of aliphatic hydroxyl groups excluding tert-OH is 1. The van der Waals surface area contributed by atoms with E-state index < -0.39 is 5.91 Å². The predicted octanol–water partition coefficient (Wildman–Crippen LogP) is 3.24. The van der Waals surface area contributed by atoms with Crippen LogP contribution >= 0.6 is 11.3 Å². The standard InChI is InChI=1S/C19H19FN2O3S/c1-2-12-5-6-13(15(20)10-12)11-16-17(18(24)22-25-9-8-23)14-4-3-7-21-19(14)26-16/h3-7,10,23H,2,8-9,11H2,1H3,(H,22,24). The first kappa shape index (κ1) is 18.4. The number of hydrogen-bond donors (Lipinski definition) is 2. The molecule has 2 N–H and O–H groups in total. The normalized spacial score (nSPS) is 11.0. The lowest BCUT2D eigenvalue weighted by Gasteiger charge is -2.08. The molecule has 136 valence electrons. The van der Waals surface area contributed by atoms with Crippen molar-refractivity contribution in [1.29, 1.82) is 0 Å². The molecule has 0 spiro atoms. The van der Waals surface area contributed by atoms with Crippen molar-refractivity contribution in [2.45, 2.75) is 19.8 Å². The number of carbonyl (C=O) groups is 1. The largest absolute Gasteiger partial charge is 0.394 e. The Hall–Kier alpha value is -2.35. The molecule has 3 aromatic rings. The van der Waals surface area contributed by atoms with Gasteiger partial charge in [-0.25, -0.2) is 14.9 Å². The van der Waals surface area contributed by atoms with Crippen molar-refractivity contribution in [1.82, 2.24) is 10.5 Å². The third-order valence-electron chi connectivity index (χ3n) is 4.00. The number of aryl methyl sites for hydroxylation is 1. The number of aliphatic hydroxyl groups is 1. The molecule has 0 fully saturated rings. The van der Waals surface area contributed by atoms with Gasteiger partial charge in [-0.05, 0) is 35.7 Å². The van der Waals surface area contributed by atoms with Gasteiger partial charge in [0.2, 0.25) is 0 Å². The molecule has 0 aliphatic heterocycles. The first-order valence-corrected chi connectivity index (χ1v) is 9.12. The zero-order chi connectivity index (χ0) is 18.5. The maximum Gasteiger partial charge on any atom is 0.276 e. The maximum absolute atomic E-state index is 14.4. The molecule has 2 aromatic heterocycles. The summed E-state index contributed by atoms with van der Waals surface area (Å²) in [6.45, 7) is 1.77. The number of nitrogens with one attached hydrogen (secondary N) is 1. The number of nitrogens with zero attached hydrogens (tertiary/aromatic N) is 1. The summed E-state index contributed by atoms with van der Waals surface area (Å²) in [5.41, 5.74) is 4.21. The summed E-state index contributed by atoms with van der Waals surface area (Å²) < 4.78 is 14.4. The van der Waals surface area contributed by atoms with Crippen LogP contribution in [0.15, 0.2) is 36.5 Å². The van der Waals surface area contributed by atoms with E-state index in [0.29, 0.717) is 32.6 Å². The van der Waals surface area contributed by atoms with Gasteiger partial charge in [-0.3, -0.25) is 9.63 Å². The van der Waals surface area contributed by atoms with Gasteiger partial charge in [0, 0.05) is 22.9 Å². The molecule has 1 amide bonds. The zero-order valence-electron chi connectivity index (χ0n) is 14.3. The molecule has 0 unspecified atom stereocenters. The molecule has 0 saturated carbocycles. The van der Waals surface area contributed by atoms with Gasteiger partial charge < -0.3 is 5.11 Å². The van der Waals surface area contributed by atoms with E-state index in [1.54, 1.807) is 24.4 Å². The fraction of sp³-hybridized carbons (Fsp3) is 0.263. The molecular formula is C19H19FN2O3S. The Labute approximate surface area is 154 Å². The van der Waals surface area contributed by atoms with Crippen LogP contribution < -0.4 is 5.48 Å². The third kappa shape index (κ3) is 3.90. The zero-order valence-corrected chi connectivity index (χ0v) is 15.1. The molecule has 0 radical (unpaired) electrons. The summed E-state index contributed by atoms with van der Waals surface area (Å²) >= 11 is 1.36. The molecule has 5 nitrogen and oxygen atoms in total. The summed E-state index contributed by atoms with van der Waals surface area (Å²) in [6, 6.07) is 8.75. The third-order valence-corrected chi connectivity index (χ3v) is 5.11. The van der Waals surface area contributed by atoms with E-state index in [4.69, 9.17) is 9.94 Å². The second-order valence-corrected chi connectivity index (χ2v) is 6.80. The predicted molar refractivity (Wildman–Crippen MR) is 98.7 cm³/mol. The maximum atomic E-state index is 14.4. The van der Waals surface area contributed by atoms with E-state index in [0.717, 1.165) is 12.0 Å². The molecule has 7 heteroatoms. The molecule has 3 rings (SSSR count). The number of amides is 1. The van der Waals surface area contributed by atoms with Gasteiger partial charge in [0.05, 0.1) is 18.8 Å². The Morgan fingerprint density at radius 1 is 1.38 bits per heavy atom. The van der Waals surface area contributed by atoms with E-state index in [2.05, 4.69) is 10.5 Å². The van der Waals surface area contributed by atoms with Crippen molar-refractivity contribution in [3.63, 3.8) is 0 Å². The summed E-state index contributed by atoms with van der Waals surface area (Å²) in [6.07, 6.45) is 2.71. The quantitative estimate of drug-likeness (QED) is 0.492. The highest BCUT2D eigenvalue weighted by Crippen LogP contribution is 2.32. The Bertz CT molecular complexity index is 926. The number of halogens is 1. The van der Waals surface area contributed by atoms with E-state index in [-0.39, 0.29) is 19.0 Å². The van der Waals surface area contributed by atoms with Gasteiger partial charge in [0.15, 0.2) is 0 Å². The van der Waals surface area contributed by atoms with Crippen LogP contribution in [0.25, 0.3) is 10.2 Å². The highest BCUT2D eigenvalue weighted by Gasteiger charge is 2.21. The second kappa shape index (κ2) is 8.35. The van der Waals surface area contributed by atoms with Gasteiger partial charge in [0.1, 0.15) is 10.6 Å². The SMILES string of the molecule is CCc1ccc(Cc2sc3ncccc3c2C(=O)NOCCO)c(F)c1. The van der Waals surface area contributed by atoms with E-state index in [1.807, 2.05) is 13.0 Å². The number of hydroxylamine groups is 1. The summed E-state index contributed by atoms with van der Waals surface area (Å²) in [5, 5.41) is 9.48. The summed E-state index contributed by atoms with van der Waals surface area (Å²) in [4.78, 5) is 23.2. The van der Waals surface area contributed by atoms with Crippen molar-refractivity contribution in [2.24, 2.45) is 0 Å². The minimum absolute atomic E-state index is 0.00546. The number of aromatic nitrogens is 1. The Morgan fingerprint density at radius 3 is 2.96 bits per heavy atom. The molecule has 26 heavy (non-hydrogen) atoms.